The highest BCUT2D eigenvalue weighted by molar-refractivity contribution is 5.76. The zero-order valence-corrected chi connectivity index (χ0v) is 8.74. The second kappa shape index (κ2) is 3.46. The molecule has 6 heteroatoms. The van der Waals surface area contributed by atoms with Crippen LogP contribution in [0, 0.1) is 0 Å². The molecule has 1 atom stereocenters. The second-order valence-electron chi connectivity index (χ2n) is 3.99. The van der Waals surface area contributed by atoms with Crippen molar-refractivity contribution in [1.82, 2.24) is 9.55 Å². The van der Waals surface area contributed by atoms with Gasteiger partial charge in [-0.1, -0.05) is 12.1 Å². The zero-order valence-electron chi connectivity index (χ0n) is 8.74. The number of rotatable bonds is 2. The van der Waals surface area contributed by atoms with Gasteiger partial charge in [0.05, 0.1) is 30.3 Å². The topological polar surface area (TPSA) is 30.4 Å². The number of hydrogen-bond donors (Lipinski definition) is 0. The van der Waals surface area contributed by atoms with Crippen molar-refractivity contribution in [3.05, 3.63) is 30.1 Å². The molecule has 1 unspecified atom stereocenters. The molecule has 0 aliphatic carbocycles. The van der Waals surface area contributed by atoms with Crippen LogP contribution >= 0.6 is 0 Å². The number of imidazole rings is 1. The van der Waals surface area contributed by atoms with Crippen LogP contribution in [0.25, 0.3) is 11.0 Å². The maximum Gasteiger partial charge on any atom is 0.449 e. The van der Waals surface area contributed by atoms with E-state index in [1.165, 1.54) is 4.57 Å². The molecule has 1 aliphatic rings. The molecule has 0 radical (unpaired) electrons. The SMILES string of the molecule is FC(F)(F)c1nc2ccccc2n1CC1CO1. The minimum Gasteiger partial charge on any atom is -0.371 e. The van der Waals surface area contributed by atoms with Gasteiger partial charge in [-0.2, -0.15) is 13.2 Å². The first-order valence-electron chi connectivity index (χ1n) is 5.20. The van der Waals surface area contributed by atoms with Crippen LogP contribution in [0.1, 0.15) is 5.82 Å². The average molecular weight is 242 g/mol. The van der Waals surface area contributed by atoms with Crippen LogP contribution in [0.2, 0.25) is 0 Å². The van der Waals surface area contributed by atoms with E-state index < -0.39 is 12.0 Å². The number of para-hydroxylation sites is 2. The lowest BCUT2D eigenvalue weighted by Gasteiger charge is -2.09. The minimum atomic E-state index is -4.44. The number of hydrogen-bond acceptors (Lipinski definition) is 2. The van der Waals surface area contributed by atoms with Crippen molar-refractivity contribution in [2.45, 2.75) is 18.8 Å². The molecular weight excluding hydrogens is 233 g/mol. The van der Waals surface area contributed by atoms with E-state index in [0.29, 0.717) is 17.6 Å². The molecular formula is C11H9F3N2O. The molecule has 1 fully saturated rings. The molecule has 1 aliphatic heterocycles. The summed E-state index contributed by atoms with van der Waals surface area (Å²) in [7, 11) is 0. The Morgan fingerprint density at radius 3 is 2.71 bits per heavy atom. The molecule has 1 aromatic carbocycles. The Morgan fingerprint density at radius 1 is 1.35 bits per heavy atom. The zero-order chi connectivity index (χ0) is 12.0. The smallest absolute Gasteiger partial charge is 0.371 e. The van der Waals surface area contributed by atoms with Gasteiger partial charge in [-0.05, 0) is 12.1 Å². The average Bonchev–Trinajstić information content (AvgIpc) is 2.98. The van der Waals surface area contributed by atoms with Crippen molar-refractivity contribution < 1.29 is 17.9 Å². The molecule has 0 amide bonds. The van der Waals surface area contributed by atoms with E-state index in [1.54, 1.807) is 24.3 Å². The fraction of sp³-hybridized carbons (Fsp3) is 0.364. The second-order valence-corrected chi connectivity index (χ2v) is 3.99. The number of halogens is 3. The largest absolute Gasteiger partial charge is 0.449 e. The first-order valence-corrected chi connectivity index (χ1v) is 5.20. The highest BCUT2D eigenvalue weighted by Crippen LogP contribution is 2.32. The first kappa shape index (κ1) is 10.6. The molecule has 1 saturated heterocycles. The third kappa shape index (κ3) is 1.88. The summed E-state index contributed by atoms with van der Waals surface area (Å²) in [5.41, 5.74) is 0.857. The van der Waals surface area contributed by atoms with Crippen LogP contribution < -0.4 is 0 Å². The van der Waals surface area contributed by atoms with E-state index in [0.717, 1.165) is 0 Å². The van der Waals surface area contributed by atoms with Gasteiger partial charge in [0.1, 0.15) is 0 Å². The van der Waals surface area contributed by atoms with Crippen molar-refractivity contribution in [3.8, 4) is 0 Å². The maximum absolute atomic E-state index is 12.8. The number of fused-ring (bicyclic) bond motifs is 1. The van der Waals surface area contributed by atoms with Crippen LogP contribution in [0.4, 0.5) is 13.2 Å². The van der Waals surface area contributed by atoms with E-state index in [4.69, 9.17) is 4.74 Å². The van der Waals surface area contributed by atoms with Crippen LogP contribution in [0.15, 0.2) is 24.3 Å². The van der Waals surface area contributed by atoms with Gasteiger partial charge in [0.2, 0.25) is 5.82 Å². The summed E-state index contributed by atoms with van der Waals surface area (Å²) in [5, 5.41) is 0. The summed E-state index contributed by atoms with van der Waals surface area (Å²) in [6.45, 7) is 0.721. The highest BCUT2D eigenvalue weighted by Gasteiger charge is 2.39. The van der Waals surface area contributed by atoms with E-state index in [1.807, 2.05) is 0 Å². The number of nitrogens with zero attached hydrogens (tertiary/aromatic N) is 2. The van der Waals surface area contributed by atoms with Crippen molar-refractivity contribution in [1.29, 1.82) is 0 Å². The quantitative estimate of drug-likeness (QED) is 0.757. The summed E-state index contributed by atoms with van der Waals surface area (Å²) >= 11 is 0. The molecule has 2 heterocycles. The van der Waals surface area contributed by atoms with Crippen LogP contribution in [-0.2, 0) is 17.5 Å². The standard InChI is InChI=1S/C11H9F3N2O/c12-11(13,14)10-15-8-3-1-2-4-9(8)16(10)5-7-6-17-7/h1-4,7H,5-6H2. The van der Waals surface area contributed by atoms with E-state index in [-0.39, 0.29) is 12.6 Å². The Kier molecular flexibility index (Phi) is 2.16. The maximum atomic E-state index is 12.8. The normalized spacial score (nSPS) is 19.8. The van der Waals surface area contributed by atoms with Crippen LogP contribution in [-0.4, -0.2) is 22.3 Å². The number of alkyl halides is 3. The number of benzene rings is 1. The molecule has 0 spiro atoms. The van der Waals surface area contributed by atoms with Gasteiger partial charge in [0.25, 0.3) is 0 Å². The molecule has 0 saturated carbocycles. The molecule has 90 valence electrons. The molecule has 17 heavy (non-hydrogen) atoms. The van der Waals surface area contributed by atoms with Gasteiger partial charge in [0, 0.05) is 0 Å². The summed E-state index contributed by atoms with van der Waals surface area (Å²) in [6.07, 6.45) is -4.55. The molecule has 1 aromatic heterocycles. The molecule has 0 bridgehead atoms. The first-order chi connectivity index (χ1) is 8.05. The Balaban J connectivity index is 2.17. The summed E-state index contributed by atoms with van der Waals surface area (Å²) < 4.78 is 44.7. The van der Waals surface area contributed by atoms with E-state index in [9.17, 15) is 13.2 Å². The van der Waals surface area contributed by atoms with Crippen molar-refractivity contribution in [2.24, 2.45) is 0 Å². The predicted octanol–water partition coefficient (Wildman–Crippen LogP) is 2.45. The van der Waals surface area contributed by atoms with E-state index >= 15 is 0 Å². The summed E-state index contributed by atoms with van der Waals surface area (Å²) in [6, 6.07) is 6.59. The van der Waals surface area contributed by atoms with Gasteiger partial charge < -0.3 is 9.30 Å². The summed E-state index contributed by atoms with van der Waals surface area (Å²) in [4.78, 5) is 3.65. The Labute approximate surface area is 94.8 Å². The lowest BCUT2D eigenvalue weighted by atomic mass is 10.3. The van der Waals surface area contributed by atoms with Crippen LogP contribution in [0.3, 0.4) is 0 Å². The third-order valence-corrected chi connectivity index (χ3v) is 2.70. The Hall–Kier alpha value is -1.56. The molecule has 0 N–H and O–H groups in total. The fourth-order valence-electron chi connectivity index (χ4n) is 1.85. The van der Waals surface area contributed by atoms with Crippen LogP contribution in [0.5, 0.6) is 0 Å². The number of aromatic nitrogens is 2. The minimum absolute atomic E-state index is 0.117. The van der Waals surface area contributed by atoms with Crippen molar-refractivity contribution in [3.63, 3.8) is 0 Å². The van der Waals surface area contributed by atoms with Gasteiger partial charge in [-0.3, -0.25) is 0 Å². The van der Waals surface area contributed by atoms with Gasteiger partial charge >= 0.3 is 6.18 Å². The Bertz CT molecular complexity index is 557. The third-order valence-electron chi connectivity index (χ3n) is 2.70. The predicted molar refractivity (Wildman–Crippen MR) is 54.5 cm³/mol. The fourth-order valence-corrected chi connectivity index (χ4v) is 1.85. The van der Waals surface area contributed by atoms with Gasteiger partial charge in [-0.15, -0.1) is 0 Å². The lowest BCUT2D eigenvalue weighted by Crippen LogP contribution is -2.17. The Morgan fingerprint density at radius 2 is 2.06 bits per heavy atom. The number of ether oxygens (including phenoxy) is 1. The van der Waals surface area contributed by atoms with E-state index in [2.05, 4.69) is 4.98 Å². The molecule has 3 rings (SSSR count). The molecule has 3 nitrogen and oxygen atoms in total. The number of epoxide rings is 1. The van der Waals surface area contributed by atoms with Gasteiger partial charge in [-0.25, -0.2) is 4.98 Å². The highest BCUT2D eigenvalue weighted by atomic mass is 19.4. The molecule has 2 aromatic rings. The lowest BCUT2D eigenvalue weighted by molar-refractivity contribution is -0.147. The van der Waals surface area contributed by atoms with Crippen molar-refractivity contribution >= 4 is 11.0 Å². The summed E-state index contributed by atoms with van der Waals surface area (Å²) in [5.74, 6) is -0.853. The monoisotopic (exact) mass is 242 g/mol. The van der Waals surface area contributed by atoms with Gasteiger partial charge in [0.15, 0.2) is 0 Å². The van der Waals surface area contributed by atoms with Crippen molar-refractivity contribution in [2.75, 3.05) is 6.61 Å².